The Morgan fingerprint density at radius 1 is 1.00 bits per heavy atom. The van der Waals surface area contributed by atoms with Gasteiger partial charge in [-0.15, -0.1) is 0 Å². The molecular formula is C15H8BrFN2. The Morgan fingerprint density at radius 2 is 1.89 bits per heavy atom. The minimum Gasteiger partial charge on any atom is -0.301 e. The molecule has 2 aromatic heterocycles. The molecule has 0 unspecified atom stereocenters. The number of fused-ring (bicyclic) bond motifs is 4. The highest BCUT2D eigenvalue weighted by Crippen LogP contribution is 2.24. The standard InChI is InChI=1S/C15H8BrFN2/c16-11-1-3-13-10(5-11)8-19-14-4-2-12(17)6-9(14)7-15(19)18-13/h1-8H. The Labute approximate surface area is 116 Å². The van der Waals surface area contributed by atoms with Crippen molar-refractivity contribution in [3.05, 3.63) is 59.0 Å². The Bertz CT molecular complexity index is 943. The number of hydrogen-bond acceptors (Lipinski definition) is 1. The smallest absolute Gasteiger partial charge is 0.138 e. The molecule has 0 fully saturated rings. The molecule has 0 saturated heterocycles. The van der Waals surface area contributed by atoms with Crippen LogP contribution in [0, 0.1) is 5.82 Å². The van der Waals surface area contributed by atoms with E-state index in [1.54, 1.807) is 6.07 Å². The molecule has 0 radical (unpaired) electrons. The van der Waals surface area contributed by atoms with Crippen LogP contribution in [0.2, 0.25) is 0 Å². The van der Waals surface area contributed by atoms with Gasteiger partial charge in [-0.05, 0) is 42.5 Å². The SMILES string of the molecule is Fc1ccc2c(c1)cc1nc3ccc(Br)cc3cn12. The molecule has 0 atom stereocenters. The van der Waals surface area contributed by atoms with Crippen molar-refractivity contribution >= 4 is 43.4 Å². The molecule has 0 aliphatic heterocycles. The van der Waals surface area contributed by atoms with Crippen LogP contribution in [0.1, 0.15) is 0 Å². The molecule has 0 N–H and O–H groups in total. The predicted molar refractivity (Wildman–Crippen MR) is 77.9 cm³/mol. The van der Waals surface area contributed by atoms with Crippen LogP contribution in [0.3, 0.4) is 0 Å². The van der Waals surface area contributed by atoms with Gasteiger partial charge in [0.05, 0.1) is 11.0 Å². The first-order valence-corrected chi connectivity index (χ1v) is 6.67. The Kier molecular flexibility index (Phi) is 2.17. The zero-order chi connectivity index (χ0) is 13.0. The van der Waals surface area contributed by atoms with Crippen LogP contribution in [0.4, 0.5) is 4.39 Å². The topological polar surface area (TPSA) is 17.3 Å². The predicted octanol–water partition coefficient (Wildman–Crippen LogP) is 4.54. The monoisotopic (exact) mass is 314 g/mol. The van der Waals surface area contributed by atoms with Crippen LogP contribution in [0.25, 0.3) is 27.5 Å². The van der Waals surface area contributed by atoms with Gasteiger partial charge in [0.25, 0.3) is 0 Å². The third-order valence-corrected chi connectivity index (χ3v) is 3.77. The van der Waals surface area contributed by atoms with E-state index in [0.29, 0.717) is 0 Å². The summed E-state index contributed by atoms with van der Waals surface area (Å²) in [5, 5.41) is 1.91. The summed E-state index contributed by atoms with van der Waals surface area (Å²) in [5.41, 5.74) is 2.72. The van der Waals surface area contributed by atoms with E-state index in [1.165, 1.54) is 12.1 Å². The third kappa shape index (κ3) is 1.64. The molecule has 4 aromatic rings. The third-order valence-electron chi connectivity index (χ3n) is 3.27. The largest absolute Gasteiger partial charge is 0.301 e. The molecule has 0 amide bonds. The summed E-state index contributed by atoms with van der Waals surface area (Å²) < 4.78 is 16.3. The maximum Gasteiger partial charge on any atom is 0.138 e. The van der Waals surface area contributed by atoms with Crippen LogP contribution >= 0.6 is 15.9 Å². The van der Waals surface area contributed by atoms with Crippen molar-refractivity contribution in [1.29, 1.82) is 0 Å². The summed E-state index contributed by atoms with van der Waals surface area (Å²) in [6, 6.07) is 12.6. The first-order chi connectivity index (χ1) is 9.20. The molecule has 0 aliphatic rings. The zero-order valence-corrected chi connectivity index (χ0v) is 11.4. The van der Waals surface area contributed by atoms with E-state index in [1.807, 2.05) is 34.9 Å². The lowest BCUT2D eigenvalue weighted by Crippen LogP contribution is -1.88. The lowest BCUT2D eigenvalue weighted by Gasteiger charge is -2.01. The van der Waals surface area contributed by atoms with E-state index in [-0.39, 0.29) is 5.82 Å². The fraction of sp³-hybridized carbons (Fsp3) is 0. The van der Waals surface area contributed by atoms with Gasteiger partial charge in [0.1, 0.15) is 11.5 Å². The lowest BCUT2D eigenvalue weighted by atomic mass is 10.2. The second kappa shape index (κ2) is 3.78. The molecule has 2 nitrogen and oxygen atoms in total. The van der Waals surface area contributed by atoms with E-state index in [0.717, 1.165) is 31.9 Å². The number of nitrogens with zero attached hydrogens (tertiary/aromatic N) is 2. The van der Waals surface area contributed by atoms with Crippen molar-refractivity contribution in [3.8, 4) is 0 Å². The number of rotatable bonds is 0. The van der Waals surface area contributed by atoms with E-state index >= 15 is 0 Å². The number of halogens is 2. The number of benzene rings is 2. The van der Waals surface area contributed by atoms with Crippen molar-refractivity contribution in [3.63, 3.8) is 0 Å². The van der Waals surface area contributed by atoms with Crippen molar-refractivity contribution in [1.82, 2.24) is 9.38 Å². The maximum absolute atomic E-state index is 13.3. The van der Waals surface area contributed by atoms with Gasteiger partial charge >= 0.3 is 0 Å². The fourth-order valence-electron chi connectivity index (χ4n) is 2.41. The maximum atomic E-state index is 13.3. The summed E-state index contributed by atoms with van der Waals surface area (Å²) in [7, 11) is 0. The Hall–Kier alpha value is -1.94. The molecule has 2 heterocycles. The molecule has 92 valence electrons. The van der Waals surface area contributed by atoms with Gasteiger partial charge < -0.3 is 4.40 Å². The molecule has 0 saturated carbocycles. The second-order valence-corrected chi connectivity index (χ2v) is 5.44. The van der Waals surface area contributed by atoms with E-state index < -0.39 is 0 Å². The summed E-state index contributed by atoms with van der Waals surface area (Å²) in [4.78, 5) is 4.61. The van der Waals surface area contributed by atoms with Crippen molar-refractivity contribution < 1.29 is 4.39 Å². The first kappa shape index (κ1) is 10.9. The Morgan fingerprint density at radius 3 is 2.79 bits per heavy atom. The van der Waals surface area contributed by atoms with Crippen LogP contribution in [-0.2, 0) is 0 Å². The van der Waals surface area contributed by atoms with Crippen molar-refractivity contribution in [2.75, 3.05) is 0 Å². The van der Waals surface area contributed by atoms with E-state index in [4.69, 9.17) is 0 Å². The quantitative estimate of drug-likeness (QED) is 0.465. The van der Waals surface area contributed by atoms with Gasteiger partial charge in [-0.1, -0.05) is 15.9 Å². The molecule has 2 aromatic carbocycles. The van der Waals surface area contributed by atoms with Gasteiger partial charge in [0.15, 0.2) is 0 Å². The van der Waals surface area contributed by atoms with Gasteiger partial charge in [-0.3, -0.25) is 0 Å². The van der Waals surface area contributed by atoms with Gasteiger partial charge in [-0.25, -0.2) is 9.37 Å². The molecule has 0 spiro atoms. The van der Waals surface area contributed by atoms with Crippen molar-refractivity contribution in [2.45, 2.75) is 0 Å². The van der Waals surface area contributed by atoms with Gasteiger partial charge in [-0.2, -0.15) is 0 Å². The molecule has 19 heavy (non-hydrogen) atoms. The molecule has 0 aliphatic carbocycles. The average Bonchev–Trinajstić information content (AvgIpc) is 2.72. The van der Waals surface area contributed by atoms with Gasteiger partial charge in [0, 0.05) is 21.4 Å². The van der Waals surface area contributed by atoms with E-state index in [9.17, 15) is 4.39 Å². The van der Waals surface area contributed by atoms with Gasteiger partial charge in [0.2, 0.25) is 0 Å². The van der Waals surface area contributed by atoms with Crippen LogP contribution in [-0.4, -0.2) is 9.38 Å². The highest BCUT2D eigenvalue weighted by atomic mass is 79.9. The zero-order valence-electron chi connectivity index (χ0n) is 9.77. The minimum atomic E-state index is -0.226. The minimum absolute atomic E-state index is 0.226. The fourth-order valence-corrected chi connectivity index (χ4v) is 2.79. The molecular weight excluding hydrogens is 307 g/mol. The van der Waals surface area contributed by atoms with E-state index in [2.05, 4.69) is 20.9 Å². The second-order valence-electron chi connectivity index (χ2n) is 4.52. The van der Waals surface area contributed by atoms with Crippen molar-refractivity contribution in [2.24, 2.45) is 0 Å². The van der Waals surface area contributed by atoms with Crippen LogP contribution in [0.15, 0.2) is 53.1 Å². The average molecular weight is 315 g/mol. The number of aromatic nitrogens is 2. The first-order valence-electron chi connectivity index (χ1n) is 5.87. The highest BCUT2D eigenvalue weighted by molar-refractivity contribution is 9.10. The molecule has 0 bridgehead atoms. The summed E-state index contributed by atoms with van der Waals surface area (Å²) in [6.07, 6.45) is 2.03. The summed E-state index contributed by atoms with van der Waals surface area (Å²) in [6.45, 7) is 0. The molecule has 4 rings (SSSR count). The summed E-state index contributed by atoms with van der Waals surface area (Å²) >= 11 is 3.46. The normalized spacial score (nSPS) is 11.7. The summed E-state index contributed by atoms with van der Waals surface area (Å²) in [5.74, 6) is -0.226. The van der Waals surface area contributed by atoms with Crippen LogP contribution < -0.4 is 0 Å². The highest BCUT2D eigenvalue weighted by Gasteiger charge is 2.06. The molecule has 4 heteroatoms. The van der Waals surface area contributed by atoms with Crippen LogP contribution in [0.5, 0.6) is 0 Å². The lowest BCUT2D eigenvalue weighted by molar-refractivity contribution is 0.629. The number of hydrogen-bond donors (Lipinski definition) is 0. The Balaban J connectivity index is 2.20.